The molecule has 4 aliphatic carbocycles. The van der Waals surface area contributed by atoms with Gasteiger partial charge < -0.3 is 10.2 Å². The van der Waals surface area contributed by atoms with Crippen molar-refractivity contribution < 1.29 is 14.6 Å². The summed E-state index contributed by atoms with van der Waals surface area (Å²) in [6.45, 7) is 4.36. The molecule has 0 saturated heterocycles. The van der Waals surface area contributed by atoms with E-state index in [9.17, 15) is 14.6 Å². The van der Waals surface area contributed by atoms with E-state index in [1.165, 1.54) is 0 Å². The Hall–Kier alpha value is -0.410. The number of halogens is 1. The van der Waals surface area contributed by atoms with E-state index in [0.29, 0.717) is 36.5 Å². The van der Waals surface area contributed by atoms with Gasteiger partial charge in [-0.2, -0.15) is 0 Å². The van der Waals surface area contributed by atoms with Crippen molar-refractivity contribution in [1.82, 2.24) is 0 Å². The highest BCUT2D eigenvalue weighted by Crippen LogP contribution is 2.67. The molecule has 3 saturated carbocycles. The number of hydrogen-bond acceptors (Lipinski definition) is 2. The minimum absolute atomic E-state index is 0.141. The molecule has 0 spiro atoms. The average Bonchev–Trinajstić information content (AvgIpc) is 2.74. The molecule has 0 aromatic rings. The summed E-state index contributed by atoms with van der Waals surface area (Å²) in [5.41, 5.74) is -0.331. The van der Waals surface area contributed by atoms with Crippen molar-refractivity contribution >= 4 is 0 Å². The van der Waals surface area contributed by atoms with Gasteiger partial charge in [-0.3, -0.25) is 0 Å². The van der Waals surface area contributed by atoms with Gasteiger partial charge in [0.25, 0.3) is 0 Å². The molecule has 3 fully saturated rings. The fourth-order valence-electron chi connectivity index (χ4n) is 6.91. The van der Waals surface area contributed by atoms with Crippen LogP contribution < -0.4 is 0 Å². The minimum atomic E-state index is -1.71. The second-order valence-electron chi connectivity index (χ2n) is 9.03. The van der Waals surface area contributed by atoms with Crippen LogP contribution in [0.25, 0.3) is 0 Å². The molecule has 0 amide bonds. The molecular weight excluding hydrogens is 279 g/mol. The number of allylic oxidation sites excluding steroid dienone is 1. The van der Waals surface area contributed by atoms with Gasteiger partial charge in [-0.25, -0.2) is 4.39 Å². The maximum absolute atomic E-state index is 14.1. The Morgan fingerprint density at radius 1 is 1.09 bits per heavy atom. The molecule has 4 aliphatic rings. The van der Waals surface area contributed by atoms with Gasteiger partial charge in [0.2, 0.25) is 0 Å². The molecule has 2 nitrogen and oxygen atoms in total. The largest absolute Gasteiger partial charge is 0.362 e. The van der Waals surface area contributed by atoms with Gasteiger partial charge in [-0.05, 0) is 80.1 Å². The van der Waals surface area contributed by atoms with Gasteiger partial charge in [-0.1, -0.05) is 19.9 Å². The smallest absolute Gasteiger partial charge is 0.188 e. The normalized spacial score (nSPS) is 56.1. The predicted octanol–water partition coefficient (Wildman–Crippen LogP) is 3.82. The first-order valence-corrected chi connectivity index (χ1v) is 9.04. The zero-order valence-corrected chi connectivity index (χ0v) is 13.8. The molecule has 124 valence electrons. The van der Waals surface area contributed by atoms with Crippen LogP contribution in [0.4, 0.5) is 4.39 Å². The fraction of sp³-hybridized carbons (Fsp3) is 0.895. The molecule has 4 rings (SSSR count). The monoisotopic (exact) mass is 308 g/mol. The molecular formula is C19H29FO2. The third kappa shape index (κ3) is 1.78. The van der Waals surface area contributed by atoms with E-state index in [4.69, 9.17) is 0 Å². The zero-order valence-electron chi connectivity index (χ0n) is 13.8. The Balaban J connectivity index is 1.72. The lowest BCUT2D eigenvalue weighted by molar-refractivity contribution is -0.271. The number of aliphatic hydroxyl groups is 2. The van der Waals surface area contributed by atoms with Crippen molar-refractivity contribution in [3.63, 3.8) is 0 Å². The lowest BCUT2D eigenvalue weighted by atomic mass is 9.44. The van der Waals surface area contributed by atoms with Gasteiger partial charge in [0.05, 0.1) is 0 Å². The maximum Gasteiger partial charge on any atom is 0.188 e. The predicted molar refractivity (Wildman–Crippen MR) is 83.7 cm³/mol. The maximum atomic E-state index is 14.1. The topological polar surface area (TPSA) is 40.5 Å². The van der Waals surface area contributed by atoms with Crippen LogP contribution in [0.3, 0.4) is 0 Å². The third-order valence-corrected chi connectivity index (χ3v) is 8.18. The number of fused-ring (bicyclic) bond motifs is 5. The van der Waals surface area contributed by atoms with Crippen LogP contribution in [-0.2, 0) is 0 Å². The quantitative estimate of drug-likeness (QED) is 0.527. The molecule has 2 unspecified atom stereocenters. The number of rotatable bonds is 0. The summed E-state index contributed by atoms with van der Waals surface area (Å²) in [6.07, 6.45) is 9.50. The molecule has 0 aliphatic heterocycles. The highest BCUT2D eigenvalue weighted by Gasteiger charge is 2.64. The Kier molecular flexibility index (Phi) is 3.14. The first kappa shape index (κ1) is 15.1. The second kappa shape index (κ2) is 4.57. The SMILES string of the molecule is C[C@]12CC[C@H]3[C@@H](CCC4CC=CC(O)(O)[C@@]43C)[C@@H]1CC(F)C2. The van der Waals surface area contributed by atoms with Gasteiger partial charge in [-0.15, -0.1) is 0 Å². The van der Waals surface area contributed by atoms with E-state index in [2.05, 4.69) is 13.8 Å². The van der Waals surface area contributed by atoms with Gasteiger partial charge in [0, 0.05) is 5.41 Å². The second-order valence-corrected chi connectivity index (χ2v) is 9.03. The molecule has 0 bridgehead atoms. The van der Waals surface area contributed by atoms with Crippen molar-refractivity contribution in [3.8, 4) is 0 Å². The summed E-state index contributed by atoms with van der Waals surface area (Å²) in [6, 6.07) is 0. The molecule has 0 heterocycles. The van der Waals surface area contributed by atoms with Crippen LogP contribution >= 0.6 is 0 Å². The Morgan fingerprint density at radius 2 is 1.86 bits per heavy atom. The highest BCUT2D eigenvalue weighted by atomic mass is 19.1. The van der Waals surface area contributed by atoms with E-state index < -0.39 is 17.4 Å². The van der Waals surface area contributed by atoms with Crippen LogP contribution in [0, 0.1) is 34.5 Å². The van der Waals surface area contributed by atoms with Crippen molar-refractivity contribution in [2.75, 3.05) is 0 Å². The highest BCUT2D eigenvalue weighted by molar-refractivity contribution is 5.18. The van der Waals surface area contributed by atoms with E-state index >= 15 is 0 Å². The molecule has 0 radical (unpaired) electrons. The zero-order chi connectivity index (χ0) is 15.8. The molecule has 7 atom stereocenters. The molecule has 3 heteroatoms. The summed E-state index contributed by atoms with van der Waals surface area (Å²) < 4.78 is 14.1. The van der Waals surface area contributed by atoms with Crippen molar-refractivity contribution in [1.29, 1.82) is 0 Å². The lowest BCUT2D eigenvalue weighted by Gasteiger charge is -2.62. The van der Waals surface area contributed by atoms with E-state index in [0.717, 1.165) is 32.1 Å². The third-order valence-electron chi connectivity index (χ3n) is 8.18. The molecule has 0 aromatic heterocycles. The number of alkyl halides is 1. The summed E-state index contributed by atoms with van der Waals surface area (Å²) in [7, 11) is 0. The van der Waals surface area contributed by atoms with Crippen molar-refractivity contribution in [2.24, 2.45) is 34.5 Å². The summed E-state index contributed by atoms with van der Waals surface area (Å²) >= 11 is 0. The standard InChI is InChI=1S/C19H29FO2/c1-17-9-7-15-14(16(17)10-13(20)11-17)6-5-12-4-3-8-19(21,22)18(12,15)2/h3,8,12-16,21-22H,4-7,9-11H2,1-2H3/t12?,13?,14-,15+,16+,17-,18+/m1/s1. The molecule has 22 heavy (non-hydrogen) atoms. The van der Waals surface area contributed by atoms with Crippen LogP contribution in [0.1, 0.15) is 58.8 Å². The van der Waals surface area contributed by atoms with Crippen LogP contribution in [0.15, 0.2) is 12.2 Å². The van der Waals surface area contributed by atoms with Crippen LogP contribution in [0.5, 0.6) is 0 Å². The van der Waals surface area contributed by atoms with Crippen LogP contribution in [-0.4, -0.2) is 22.2 Å². The van der Waals surface area contributed by atoms with Gasteiger partial charge >= 0.3 is 0 Å². The van der Waals surface area contributed by atoms with Crippen molar-refractivity contribution in [2.45, 2.75) is 70.8 Å². The average molecular weight is 308 g/mol. The summed E-state index contributed by atoms with van der Waals surface area (Å²) in [5.74, 6) is -0.150. The van der Waals surface area contributed by atoms with E-state index in [1.807, 2.05) is 6.08 Å². The van der Waals surface area contributed by atoms with Crippen molar-refractivity contribution in [3.05, 3.63) is 12.2 Å². The Morgan fingerprint density at radius 3 is 2.64 bits per heavy atom. The van der Waals surface area contributed by atoms with Gasteiger partial charge in [0.1, 0.15) is 6.17 Å². The molecule has 2 N–H and O–H groups in total. The lowest BCUT2D eigenvalue weighted by Crippen LogP contribution is -2.61. The first-order valence-electron chi connectivity index (χ1n) is 9.04. The first-order chi connectivity index (χ1) is 10.3. The van der Waals surface area contributed by atoms with E-state index in [1.54, 1.807) is 6.08 Å². The minimum Gasteiger partial charge on any atom is -0.362 e. The summed E-state index contributed by atoms with van der Waals surface area (Å²) in [5, 5.41) is 21.4. The van der Waals surface area contributed by atoms with E-state index in [-0.39, 0.29) is 5.41 Å². The van der Waals surface area contributed by atoms with Gasteiger partial charge in [0.15, 0.2) is 5.79 Å². The molecule has 0 aromatic carbocycles. The Bertz CT molecular complexity index is 502. The van der Waals surface area contributed by atoms with Crippen LogP contribution in [0.2, 0.25) is 0 Å². The Labute approximate surface area is 132 Å². The summed E-state index contributed by atoms with van der Waals surface area (Å²) in [4.78, 5) is 0. The number of hydrogen-bond donors (Lipinski definition) is 2. The fourth-order valence-corrected chi connectivity index (χ4v) is 6.91.